The van der Waals surface area contributed by atoms with Crippen molar-refractivity contribution in [2.45, 2.75) is 37.8 Å². The number of nitrogens with one attached hydrogen (secondary N) is 1. The summed E-state index contributed by atoms with van der Waals surface area (Å²) in [6.07, 6.45) is 0.361. The summed E-state index contributed by atoms with van der Waals surface area (Å²) < 4.78 is 32.7. The fourth-order valence-electron chi connectivity index (χ4n) is 2.35. The second kappa shape index (κ2) is 8.78. The van der Waals surface area contributed by atoms with Crippen molar-refractivity contribution in [3.8, 4) is 0 Å². The van der Waals surface area contributed by atoms with Gasteiger partial charge in [-0.1, -0.05) is 62.4 Å². The topological polar surface area (TPSA) is 72.5 Å². The monoisotopic (exact) mass is 361 g/mol. The smallest absolute Gasteiger partial charge is 0.324 e. The SMILES string of the molecule is CC(C)C[C@H](NS(=O)(=O)c1ccccc1)C(=O)OCc1ccccc1. The molecule has 25 heavy (non-hydrogen) atoms. The van der Waals surface area contributed by atoms with E-state index in [0.717, 1.165) is 5.56 Å². The van der Waals surface area contributed by atoms with E-state index in [2.05, 4.69) is 4.72 Å². The van der Waals surface area contributed by atoms with Crippen molar-refractivity contribution in [1.82, 2.24) is 4.72 Å². The molecule has 0 aromatic heterocycles. The number of carbonyl (C=O) groups is 1. The van der Waals surface area contributed by atoms with Gasteiger partial charge in [0.25, 0.3) is 0 Å². The summed E-state index contributed by atoms with van der Waals surface area (Å²) in [5.74, 6) is -0.440. The number of hydrogen-bond acceptors (Lipinski definition) is 4. The lowest BCUT2D eigenvalue weighted by Crippen LogP contribution is -2.42. The standard InChI is InChI=1S/C19H23NO4S/c1-15(2)13-18(19(21)24-14-16-9-5-3-6-10-16)20-25(22,23)17-11-7-4-8-12-17/h3-12,15,18,20H,13-14H2,1-2H3/t18-/m0/s1. The maximum Gasteiger partial charge on any atom is 0.324 e. The summed E-state index contributed by atoms with van der Waals surface area (Å²) in [7, 11) is -3.78. The van der Waals surface area contributed by atoms with E-state index >= 15 is 0 Å². The predicted octanol–water partition coefficient (Wildman–Crippen LogP) is 3.12. The Morgan fingerprint density at radius 1 is 1.00 bits per heavy atom. The van der Waals surface area contributed by atoms with Crippen molar-refractivity contribution in [1.29, 1.82) is 0 Å². The molecule has 0 aliphatic rings. The first kappa shape index (κ1) is 19.1. The summed E-state index contributed by atoms with van der Waals surface area (Å²) >= 11 is 0. The van der Waals surface area contributed by atoms with Gasteiger partial charge >= 0.3 is 5.97 Å². The fourth-order valence-corrected chi connectivity index (χ4v) is 3.57. The molecule has 0 bridgehead atoms. The highest BCUT2D eigenvalue weighted by atomic mass is 32.2. The highest BCUT2D eigenvalue weighted by Crippen LogP contribution is 2.13. The summed E-state index contributed by atoms with van der Waals surface area (Å²) in [5, 5.41) is 0. The lowest BCUT2D eigenvalue weighted by Gasteiger charge is -2.19. The highest BCUT2D eigenvalue weighted by molar-refractivity contribution is 7.89. The fraction of sp³-hybridized carbons (Fsp3) is 0.316. The molecule has 0 fully saturated rings. The molecule has 0 heterocycles. The predicted molar refractivity (Wildman–Crippen MR) is 96.2 cm³/mol. The second-order valence-corrected chi connectivity index (χ2v) is 7.92. The molecule has 0 aliphatic heterocycles. The Bertz CT molecular complexity index is 774. The Labute approximate surface area is 149 Å². The molecule has 1 N–H and O–H groups in total. The Kier molecular flexibility index (Phi) is 6.73. The van der Waals surface area contributed by atoms with Gasteiger partial charge in [-0.3, -0.25) is 4.79 Å². The van der Waals surface area contributed by atoms with Gasteiger partial charge in [-0.2, -0.15) is 4.72 Å². The summed E-state index contributed by atoms with van der Waals surface area (Å²) in [4.78, 5) is 12.5. The second-order valence-electron chi connectivity index (χ2n) is 6.21. The van der Waals surface area contributed by atoms with Gasteiger partial charge in [0.05, 0.1) is 4.90 Å². The Balaban J connectivity index is 2.08. The van der Waals surface area contributed by atoms with Gasteiger partial charge in [-0.15, -0.1) is 0 Å². The van der Waals surface area contributed by atoms with Gasteiger partial charge in [-0.25, -0.2) is 8.42 Å². The van der Waals surface area contributed by atoms with E-state index in [1.54, 1.807) is 18.2 Å². The van der Waals surface area contributed by atoms with Crippen LogP contribution in [0, 0.1) is 5.92 Å². The number of carbonyl (C=O) groups excluding carboxylic acids is 1. The zero-order chi connectivity index (χ0) is 18.3. The summed E-state index contributed by atoms with van der Waals surface area (Å²) in [6.45, 7) is 3.96. The lowest BCUT2D eigenvalue weighted by atomic mass is 10.1. The Morgan fingerprint density at radius 3 is 2.12 bits per heavy atom. The largest absolute Gasteiger partial charge is 0.460 e. The number of hydrogen-bond donors (Lipinski definition) is 1. The van der Waals surface area contributed by atoms with Crippen molar-refractivity contribution >= 4 is 16.0 Å². The van der Waals surface area contributed by atoms with Crippen LogP contribution in [0.1, 0.15) is 25.8 Å². The zero-order valence-corrected chi connectivity index (χ0v) is 15.2. The number of ether oxygens (including phenoxy) is 1. The Morgan fingerprint density at radius 2 is 1.56 bits per heavy atom. The van der Waals surface area contributed by atoms with E-state index in [-0.39, 0.29) is 17.4 Å². The van der Waals surface area contributed by atoms with Gasteiger partial charge < -0.3 is 4.74 Å². The molecule has 0 saturated heterocycles. The molecule has 0 saturated carbocycles. The zero-order valence-electron chi connectivity index (χ0n) is 14.4. The number of sulfonamides is 1. The van der Waals surface area contributed by atoms with Crippen LogP contribution in [-0.4, -0.2) is 20.4 Å². The van der Waals surface area contributed by atoms with Crippen LogP contribution in [0.3, 0.4) is 0 Å². The minimum Gasteiger partial charge on any atom is -0.460 e. The maximum absolute atomic E-state index is 12.5. The molecule has 0 aliphatic carbocycles. The van der Waals surface area contributed by atoms with Crippen molar-refractivity contribution in [3.63, 3.8) is 0 Å². The molecule has 0 radical (unpaired) electrons. The average molecular weight is 361 g/mol. The molecule has 1 atom stereocenters. The first-order valence-corrected chi connectivity index (χ1v) is 9.65. The number of rotatable bonds is 8. The minimum atomic E-state index is -3.78. The molecule has 2 aromatic rings. The van der Waals surface area contributed by atoms with E-state index in [0.29, 0.717) is 6.42 Å². The first-order valence-electron chi connectivity index (χ1n) is 8.16. The van der Waals surface area contributed by atoms with E-state index in [9.17, 15) is 13.2 Å². The van der Waals surface area contributed by atoms with E-state index < -0.39 is 22.0 Å². The molecular formula is C19H23NO4S. The van der Waals surface area contributed by atoms with Gasteiger partial charge in [0.2, 0.25) is 10.0 Å². The van der Waals surface area contributed by atoms with Crippen LogP contribution >= 0.6 is 0 Å². The summed E-state index contributed by atoms with van der Waals surface area (Å²) in [5.41, 5.74) is 0.852. The molecule has 2 rings (SSSR count). The average Bonchev–Trinajstić information content (AvgIpc) is 2.60. The van der Waals surface area contributed by atoms with Crippen LogP contribution in [0.2, 0.25) is 0 Å². The third kappa shape index (κ3) is 5.99. The molecule has 0 amide bonds. The van der Waals surface area contributed by atoms with E-state index in [1.807, 2.05) is 44.2 Å². The van der Waals surface area contributed by atoms with Crippen LogP contribution in [0.15, 0.2) is 65.6 Å². The van der Waals surface area contributed by atoms with Crippen molar-refractivity contribution in [2.75, 3.05) is 0 Å². The van der Waals surface area contributed by atoms with Gasteiger partial charge in [0.1, 0.15) is 12.6 Å². The lowest BCUT2D eigenvalue weighted by molar-refractivity contribution is -0.147. The van der Waals surface area contributed by atoms with Crippen molar-refractivity contribution < 1.29 is 17.9 Å². The first-order chi connectivity index (χ1) is 11.9. The summed E-state index contributed by atoms with van der Waals surface area (Å²) in [6, 6.07) is 16.3. The van der Waals surface area contributed by atoms with Crippen LogP contribution in [0.5, 0.6) is 0 Å². The van der Waals surface area contributed by atoms with E-state index in [1.165, 1.54) is 12.1 Å². The number of benzene rings is 2. The molecule has 5 nitrogen and oxygen atoms in total. The Hall–Kier alpha value is -2.18. The third-order valence-corrected chi connectivity index (χ3v) is 5.05. The third-order valence-electron chi connectivity index (χ3n) is 3.57. The van der Waals surface area contributed by atoms with E-state index in [4.69, 9.17) is 4.74 Å². The molecule has 2 aromatic carbocycles. The van der Waals surface area contributed by atoms with Crippen molar-refractivity contribution in [2.24, 2.45) is 5.92 Å². The molecule has 0 spiro atoms. The number of esters is 1. The normalized spacial score (nSPS) is 12.8. The van der Waals surface area contributed by atoms with Crippen LogP contribution in [-0.2, 0) is 26.2 Å². The quantitative estimate of drug-likeness (QED) is 0.733. The molecule has 134 valence electrons. The van der Waals surface area contributed by atoms with Gasteiger partial charge in [0, 0.05) is 0 Å². The molecule has 6 heteroatoms. The van der Waals surface area contributed by atoms with Crippen LogP contribution < -0.4 is 4.72 Å². The molecular weight excluding hydrogens is 338 g/mol. The van der Waals surface area contributed by atoms with Crippen LogP contribution in [0.25, 0.3) is 0 Å². The molecule has 0 unspecified atom stereocenters. The minimum absolute atomic E-state index is 0.112. The van der Waals surface area contributed by atoms with Crippen LogP contribution in [0.4, 0.5) is 0 Å². The maximum atomic E-state index is 12.5. The van der Waals surface area contributed by atoms with Gasteiger partial charge in [0.15, 0.2) is 0 Å². The van der Waals surface area contributed by atoms with Crippen molar-refractivity contribution in [3.05, 3.63) is 66.2 Å². The highest BCUT2D eigenvalue weighted by Gasteiger charge is 2.27. The van der Waals surface area contributed by atoms with Gasteiger partial charge in [-0.05, 0) is 30.0 Å².